The number of aryl methyl sites for hydroxylation is 1. The molecule has 0 fully saturated rings. The van der Waals surface area contributed by atoms with Gasteiger partial charge < -0.3 is 4.90 Å². The number of likely N-dealkylation sites (N-methyl/N-ethyl adjacent to an activating group) is 1. The highest BCUT2D eigenvalue weighted by atomic mass is 16.2. The number of carbonyl (C=O) groups excluding carboxylic acids is 1. The molecule has 0 spiro atoms. The van der Waals surface area contributed by atoms with Gasteiger partial charge in [-0.25, -0.2) is 0 Å². The number of hydrogen-bond acceptors (Lipinski definition) is 2. The minimum atomic E-state index is 0.167. The number of hydrogen-bond donors (Lipinski definition) is 0. The molecule has 0 saturated heterocycles. The van der Waals surface area contributed by atoms with Crippen molar-refractivity contribution in [3.05, 3.63) is 65.5 Å². The Bertz CT molecular complexity index is 642. The lowest BCUT2D eigenvalue weighted by Crippen LogP contribution is -2.29. The Balaban J connectivity index is 1.79. The van der Waals surface area contributed by atoms with E-state index in [1.165, 1.54) is 11.1 Å². The maximum Gasteiger partial charge on any atom is 0.222 e. The van der Waals surface area contributed by atoms with E-state index < -0.39 is 0 Å². The Morgan fingerprint density at radius 1 is 1.04 bits per heavy atom. The molecule has 2 aromatic rings. The Kier molecular flexibility index (Phi) is 6.13. The van der Waals surface area contributed by atoms with Gasteiger partial charge in [0.25, 0.3) is 0 Å². The van der Waals surface area contributed by atoms with Crippen LogP contribution in [0.15, 0.2) is 48.7 Å². The van der Waals surface area contributed by atoms with Crippen LogP contribution in [-0.2, 0) is 23.1 Å². The van der Waals surface area contributed by atoms with Crippen molar-refractivity contribution in [2.75, 3.05) is 13.6 Å². The van der Waals surface area contributed by atoms with Crippen LogP contribution in [0.5, 0.6) is 0 Å². The smallest absolute Gasteiger partial charge is 0.222 e. The molecule has 0 N–H and O–H groups in total. The molecular formula is C21H28N2O. The number of rotatable bonds is 6. The van der Waals surface area contributed by atoms with E-state index in [2.05, 4.69) is 50.0 Å². The van der Waals surface area contributed by atoms with Crippen LogP contribution in [0.1, 0.15) is 44.0 Å². The largest absolute Gasteiger partial charge is 0.345 e. The summed E-state index contributed by atoms with van der Waals surface area (Å²) in [6.45, 7) is 7.34. The zero-order valence-corrected chi connectivity index (χ0v) is 15.2. The molecule has 0 aliphatic rings. The molecule has 1 amide bonds. The van der Waals surface area contributed by atoms with E-state index in [0.717, 1.165) is 18.5 Å². The Morgan fingerprint density at radius 2 is 1.75 bits per heavy atom. The van der Waals surface area contributed by atoms with Crippen molar-refractivity contribution in [3.8, 4) is 0 Å². The fraction of sp³-hybridized carbons (Fsp3) is 0.429. The van der Waals surface area contributed by atoms with Gasteiger partial charge in [-0.3, -0.25) is 9.78 Å². The average Bonchev–Trinajstić information content (AvgIpc) is 2.58. The summed E-state index contributed by atoms with van der Waals surface area (Å²) in [4.78, 5) is 18.4. The van der Waals surface area contributed by atoms with Crippen molar-refractivity contribution in [3.63, 3.8) is 0 Å². The SMILES string of the molecule is CN(CCc1ccccn1)C(=O)CCc1ccc(C(C)(C)C)cc1. The zero-order chi connectivity index (χ0) is 17.6. The number of benzene rings is 1. The van der Waals surface area contributed by atoms with Crippen LogP contribution < -0.4 is 0 Å². The highest BCUT2D eigenvalue weighted by molar-refractivity contribution is 5.76. The highest BCUT2D eigenvalue weighted by Gasteiger charge is 2.13. The summed E-state index contributed by atoms with van der Waals surface area (Å²) < 4.78 is 0. The van der Waals surface area contributed by atoms with Crippen molar-refractivity contribution < 1.29 is 4.79 Å². The zero-order valence-electron chi connectivity index (χ0n) is 15.2. The summed E-state index contributed by atoms with van der Waals surface area (Å²) in [7, 11) is 1.87. The number of carbonyl (C=O) groups is 1. The van der Waals surface area contributed by atoms with Crippen LogP contribution in [-0.4, -0.2) is 29.4 Å². The molecule has 0 aliphatic heterocycles. The topological polar surface area (TPSA) is 33.2 Å². The Morgan fingerprint density at radius 3 is 2.33 bits per heavy atom. The Labute approximate surface area is 145 Å². The third-order valence-electron chi connectivity index (χ3n) is 4.30. The third-order valence-corrected chi connectivity index (χ3v) is 4.30. The minimum absolute atomic E-state index is 0.167. The molecule has 3 heteroatoms. The molecule has 1 aromatic carbocycles. The summed E-state index contributed by atoms with van der Waals surface area (Å²) in [5.74, 6) is 0.186. The standard InChI is InChI=1S/C21H28N2O/c1-21(2,3)18-11-8-17(9-12-18)10-13-20(24)23(4)16-14-19-7-5-6-15-22-19/h5-9,11-12,15H,10,13-14,16H2,1-4H3. The van der Waals surface area contributed by atoms with Crippen LogP contribution >= 0.6 is 0 Å². The van der Waals surface area contributed by atoms with Crippen LogP contribution in [0.4, 0.5) is 0 Å². The molecule has 1 aromatic heterocycles. The highest BCUT2D eigenvalue weighted by Crippen LogP contribution is 2.22. The maximum absolute atomic E-state index is 12.3. The summed E-state index contributed by atoms with van der Waals surface area (Å²) >= 11 is 0. The number of pyridine rings is 1. The fourth-order valence-corrected chi connectivity index (χ4v) is 2.57. The average molecular weight is 324 g/mol. The number of aromatic nitrogens is 1. The van der Waals surface area contributed by atoms with Gasteiger partial charge in [0.2, 0.25) is 5.91 Å². The maximum atomic E-state index is 12.3. The monoisotopic (exact) mass is 324 g/mol. The van der Waals surface area contributed by atoms with Gasteiger partial charge in [0, 0.05) is 38.3 Å². The van der Waals surface area contributed by atoms with Gasteiger partial charge in [-0.2, -0.15) is 0 Å². The van der Waals surface area contributed by atoms with E-state index in [0.29, 0.717) is 13.0 Å². The first-order chi connectivity index (χ1) is 11.4. The van der Waals surface area contributed by atoms with Crippen LogP contribution in [0.25, 0.3) is 0 Å². The van der Waals surface area contributed by atoms with Crippen molar-refractivity contribution in [2.24, 2.45) is 0 Å². The molecule has 128 valence electrons. The molecule has 0 unspecified atom stereocenters. The second-order valence-corrected chi connectivity index (χ2v) is 7.33. The second-order valence-electron chi connectivity index (χ2n) is 7.33. The van der Waals surface area contributed by atoms with Gasteiger partial charge in [-0.1, -0.05) is 51.1 Å². The number of amides is 1. The predicted octanol–water partition coefficient (Wildman–Crippen LogP) is 4.01. The lowest BCUT2D eigenvalue weighted by Gasteiger charge is -2.19. The summed E-state index contributed by atoms with van der Waals surface area (Å²) in [5.41, 5.74) is 3.73. The summed E-state index contributed by atoms with van der Waals surface area (Å²) in [5, 5.41) is 0. The molecule has 3 nitrogen and oxygen atoms in total. The molecule has 0 atom stereocenters. The van der Waals surface area contributed by atoms with Crippen molar-refractivity contribution >= 4 is 5.91 Å². The third kappa shape index (κ3) is 5.48. The van der Waals surface area contributed by atoms with E-state index in [9.17, 15) is 4.79 Å². The molecule has 0 aliphatic carbocycles. The predicted molar refractivity (Wildman–Crippen MR) is 99.0 cm³/mol. The van der Waals surface area contributed by atoms with Crippen LogP contribution in [0, 0.1) is 0 Å². The first kappa shape index (κ1) is 18.2. The van der Waals surface area contributed by atoms with Crippen molar-refractivity contribution in [2.45, 2.75) is 45.4 Å². The van der Waals surface area contributed by atoms with Gasteiger partial charge in [-0.05, 0) is 35.1 Å². The van der Waals surface area contributed by atoms with E-state index in [-0.39, 0.29) is 11.3 Å². The summed E-state index contributed by atoms with van der Waals surface area (Å²) in [6, 6.07) is 14.5. The molecule has 0 saturated carbocycles. The molecular weight excluding hydrogens is 296 g/mol. The van der Waals surface area contributed by atoms with Crippen molar-refractivity contribution in [1.82, 2.24) is 9.88 Å². The van der Waals surface area contributed by atoms with E-state index in [4.69, 9.17) is 0 Å². The first-order valence-corrected chi connectivity index (χ1v) is 8.59. The van der Waals surface area contributed by atoms with Gasteiger partial charge in [-0.15, -0.1) is 0 Å². The summed E-state index contributed by atoms with van der Waals surface area (Å²) in [6.07, 6.45) is 3.92. The number of nitrogens with zero attached hydrogens (tertiary/aromatic N) is 2. The van der Waals surface area contributed by atoms with E-state index in [1.54, 1.807) is 11.1 Å². The molecule has 2 rings (SSSR count). The quantitative estimate of drug-likeness (QED) is 0.804. The second kappa shape index (κ2) is 8.09. The molecule has 0 bridgehead atoms. The van der Waals surface area contributed by atoms with Gasteiger partial charge in [0.1, 0.15) is 0 Å². The van der Waals surface area contributed by atoms with Gasteiger partial charge >= 0.3 is 0 Å². The molecule has 0 radical (unpaired) electrons. The van der Waals surface area contributed by atoms with E-state index in [1.807, 2.05) is 25.2 Å². The van der Waals surface area contributed by atoms with Crippen molar-refractivity contribution in [1.29, 1.82) is 0 Å². The van der Waals surface area contributed by atoms with Crippen LogP contribution in [0.3, 0.4) is 0 Å². The fourth-order valence-electron chi connectivity index (χ4n) is 2.57. The normalized spacial score (nSPS) is 11.3. The first-order valence-electron chi connectivity index (χ1n) is 8.59. The lowest BCUT2D eigenvalue weighted by atomic mass is 9.86. The molecule has 24 heavy (non-hydrogen) atoms. The van der Waals surface area contributed by atoms with E-state index >= 15 is 0 Å². The molecule has 1 heterocycles. The lowest BCUT2D eigenvalue weighted by molar-refractivity contribution is -0.129. The van der Waals surface area contributed by atoms with Crippen LogP contribution in [0.2, 0.25) is 0 Å². The van der Waals surface area contributed by atoms with Gasteiger partial charge in [0.15, 0.2) is 0 Å². The van der Waals surface area contributed by atoms with Gasteiger partial charge in [0.05, 0.1) is 0 Å². The Hall–Kier alpha value is -2.16. The minimum Gasteiger partial charge on any atom is -0.345 e.